The molecule has 9 rings (SSSR count). The lowest BCUT2D eigenvalue weighted by molar-refractivity contribution is -0.144. The summed E-state index contributed by atoms with van der Waals surface area (Å²) in [5.74, 6) is 12.9. The lowest BCUT2D eigenvalue weighted by Crippen LogP contribution is -2.44. The second-order valence-electron chi connectivity index (χ2n) is 32.2. The Hall–Kier alpha value is -3.69. The maximum absolute atomic E-state index is 11.7. The first-order valence-corrected chi connectivity index (χ1v) is 53.1. The first-order valence-electron chi connectivity index (χ1n) is 45.4. The van der Waals surface area contributed by atoms with E-state index in [2.05, 4.69) is 55.6 Å². The van der Waals surface area contributed by atoms with Crippen molar-refractivity contribution in [1.29, 1.82) is 0 Å². The van der Waals surface area contributed by atoms with Gasteiger partial charge in [-0.3, -0.25) is 14.4 Å². The van der Waals surface area contributed by atoms with E-state index in [1.807, 2.05) is 27.8 Å². The van der Waals surface area contributed by atoms with E-state index in [0.717, 1.165) is 108 Å². The fourth-order valence-electron chi connectivity index (χ4n) is 19.7. The van der Waals surface area contributed by atoms with Crippen LogP contribution in [-0.2, 0) is 110 Å². The Kier molecular flexibility index (Phi) is 67.3. The zero-order valence-corrected chi connectivity index (χ0v) is 82.7. The van der Waals surface area contributed by atoms with Crippen LogP contribution in [0.5, 0.6) is 0 Å². The van der Waals surface area contributed by atoms with E-state index in [-0.39, 0.29) is 43.2 Å². The van der Waals surface area contributed by atoms with Gasteiger partial charge in [-0.15, -0.1) is 0 Å². The monoisotopic (exact) mass is 1790 g/mol. The molecule has 9 aliphatic rings. The van der Waals surface area contributed by atoms with Crippen LogP contribution in [0.4, 0.5) is 0 Å². The summed E-state index contributed by atoms with van der Waals surface area (Å²) < 4.78 is 93.4. The van der Waals surface area contributed by atoms with Crippen molar-refractivity contribution in [2.75, 3.05) is 184 Å². The van der Waals surface area contributed by atoms with E-state index < -0.39 is 35.2 Å². The summed E-state index contributed by atoms with van der Waals surface area (Å²) in [6, 6.07) is 2.96. The van der Waals surface area contributed by atoms with Crippen LogP contribution in [0.3, 0.4) is 0 Å². The molecule has 0 aromatic heterocycles. The Balaban J connectivity index is 0.00000139. The zero-order chi connectivity index (χ0) is 89.8. The summed E-state index contributed by atoms with van der Waals surface area (Å²) >= 11 is 0. The van der Waals surface area contributed by atoms with Crippen LogP contribution in [0, 0.1) is 71.0 Å². The number of carbonyl (C=O) groups excluding carboxylic acids is 6. The number of ether oxygens (including phenoxy) is 6. The van der Waals surface area contributed by atoms with Crippen molar-refractivity contribution >= 4 is 71.0 Å². The van der Waals surface area contributed by atoms with Gasteiger partial charge in [-0.2, -0.15) is 0 Å². The van der Waals surface area contributed by atoms with Gasteiger partial charge in [-0.1, -0.05) is 59.8 Å². The Morgan fingerprint density at radius 1 is 0.298 bits per heavy atom. The van der Waals surface area contributed by atoms with Gasteiger partial charge in [-0.25, -0.2) is 14.4 Å². The molecule has 31 heteroatoms. The number of hydrogen-bond acceptors (Lipinski definition) is 27. The molecule has 9 aliphatic carbocycles. The van der Waals surface area contributed by atoms with E-state index in [4.69, 9.17) is 67.3 Å². The number of rotatable bonds is 49. The minimum Gasteiger partial charge on any atom is -0.466 e. The normalized spacial score (nSPS) is 22.5. The first kappa shape index (κ1) is 117. The van der Waals surface area contributed by atoms with Gasteiger partial charge in [0.05, 0.1) is 58.9 Å². The van der Waals surface area contributed by atoms with Crippen molar-refractivity contribution in [3.63, 3.8) is 0 Å². The summed E-state index contributed by atoms with van der Waals surface area (Å²) in [5.41, 5.74) is 0. The molecule has 9 fully saturated rings. The molecule has 12 atom stereocenters. The molecule has 0 radical (unpaired) electrons. The Labute approximate surface area is 738 Å². The summed E-state index contributed by atoms with van der Waals surface area (Å²) in [6.45, 7) is 31.4. The van der Waals surface area contributed by atoms with Gasteiger partial charge in [0, 0.05) is 147 Å². The van der Waals surface area contributed by atoms with Gasteiger partial charge in [-0.05, 0) is 281 Å². The lowest BCUT2D eigenvalue weighted by Gasteiger charge is -2.28. The van der Waals surface area contributed by atoms with E-state index in [9.17, 15) is 28.8 Å². The van der Waals surface area contributed by atoms with Gasteiger partial charge >= 0.3 is 71.0 Å². The predicted octanol–water partition coefficient (Wildman–Crippen LogP) is 16.6. The number of fused-ring (bicyclic) bond motifs is 15. The van der Waals surface area contributed by atoms with Crippen LogP contribution in [0.1, 0.15) is 229 Å². The lowest BCUT2D eigenvalue weighted by atomic mass is 9.82. The topological polar surface area (TPSA) is 278 Å². The van der Waals surface area contributed by atoms with E-state index >= 15 is 0 Å². The van der Waals surface area contributed by atoms with Crippen LogP contribution in [0.2, 0.25) is 24.2 Å². The van der Waals surface area contributed by atoms with Crippen LogP contribution in [-0.4, -0.2) is 270 Å². The maximum atomic E-state index is 11.7. The van der Waals surface area contributed by atoms with E-state index in [0.29, 0.717) is 84.1 Å². The summed E-state index contributed by atoms with van der Waals surface area (Å²) in [6.07, 6.45) is 39.0. The molecule has 12 unspecified atom stereocenters. The quantitative estimate of drug-likeness (QED) is 0.0237. The highest BCUT2D eigenvalue weighted by Gasteiger charge is 2.51. The molecular weight excluding hydrogens is 1620 g/mol. The molecule has 0 aliphatic heterocycles. The molecule has 27 nitrogen and oxygen atoms in total. The highest BCUT2D eigenvalue weighted by atomic mass is 28.4. The van der Waals surface area contributed by atoms with Crippen molar-refractivity contribution in [3.05, 3.63) is 38.0 Å². The number of unbranched alkanes of at least 4 members (excludes halogenated alkanes) is 1. The van der Waals surface area contributed by atoms with Crippen molar-refractivity contribution in [1.82, 2.24) is 14.7 Å². The van der Waals surface area contributed by atoms with Crippen LogP contribution >= 0.6 is 0 Å². The van der Waals surface area contributed by atoms with Crippen molar-refractivity contribution in [3.8, 4) is 0 Å². The number of nitrogens with zero attached hydrogens (tertiary/aromatic N) is 3. The molecule has 710 valence electrons. The zero-order valence-electron chi connectivity index (χ0n) is 78.7. The van der Waals surface area contributed by atoms with Crippen LogP contribution < -0.4 is 0 Å². The van der Waals surface area contributed by atoms with Crippen molar-refractivity contribution in [2.45, 2.75) is 253 Å². The fourth-order valence-corrected chi connectivity index (χ4v) is 26.5. The van der Waals surface area contributed by atoms with Crippen molar-refractivity contribution < 1.29 is 110 Å². The Morgan fingerprint density at radius 3 is 0.694 bits per heavy atom. The molecule has 0 heterocycles. The molecule has 0 spiro atoms. The second kappa shape index (κ2) is 69.4. The van der Waals surface area contributed by atoms with Gasteiger partial charge in [0.15, 0.2) is 0 Å². The molecule has 6 bridgehead atoms. The minimum atomic E-state index is -2.59. The SMILES string of the molecule is C.C1CC2C3CCC(C3)C2C1.C1CC2C3CCC(C3)C2C1.C1CC2C3CCC(C3)C2C1.C=CC(=O)OCC.C=CC(=O)OCC.C=CC(=O)OCC.CCCCN(CCC[Si](OC)(OC)OC)CCC(=O)OCC.CCOC(=O)CCN(C)CCC[Si](OC)(OC)OC.CCOC(=O)CCN(CCC[Si](OC)(OC)OC)CCC[Si](OC)(OC)OC. The summed E-state index contributed by atoms with van der Waals surface area (Å²) in [7, 11) is 11.3. The van der Waals surface area contributed by atoms with Gasteiger partial charge in [0.2, 0.25) is 0 Å². The summed E-state index contributed by atoms with van der Waals surface area (Å²) in [5, 5.41) is 0. The number of hydrogen-bond donors (Lipinski definition) is 0. The average molecular weight is 1800 g/mol. The minimum absolute atomic E-state index is 0. The molecular formula is C90H175N3O24Si4. The van der Waals surface area contributed by atoms with Crippen LogP contribution in [0.25, 0.3) is 0 Å². The Morgan fingerprint density at radius 2 is 0.504 bits per heavy atom. The molecule has 0 aromatic rings. The van der Waals surface area contributed by atoms with E-state index in [1.54, 1.807) is 222 Å². The molecule has 121 heavy (non-hydrogen) atoms. The van der Waals surface area contributed by atoms with Crippen LogP contribution in [0.15, 0.2) is 38.0 Å². The third-order valence-corrected chi connectivity index (χ3v) is 37.1. The number of carbonyl (C=O) groups is 6. The molecule has 0 amide bonds. The largest absolute Gasteiger partial charge is 0.500 e. The first-order chi connectivity index (χ1) is 57.8. The summed E-state index contributed by atoms with van der Waals surface area (Å²) in [4.78, 5) is 71.3. The Bertz CT molecular complexity index is 2470. The standard InChI is InChI=1S/C17H39NO8Si2.C15H33NO5Si.C12H27NO5Si.3C10H16.3C5H8O2.CH4/c1-8-26-17(19)11-14-18(12-9-15-27(20-2,21-3)22-4)13-10-16-28(23-5,24-6)25-7;1-6-8-11-16(13-10-15(17)21-7-2)12-9-14-22(18-3,19-4)20-5;1-6-18-12(14)8-10-13(2)9-7-11-19(15-3,16-4)17-5;3*1-2-9-7-4-5-8(6-7)10(9)3-1;3*1-3-5(6)7-4-2;/h8-16H2,1-7H3;6-14H2,1-5H3;6-11H2,1-5H3;3*7-10H,1-6H2;3*3H,1,4H2,2H3;1H4. The molecule has 0 saturated heterocycles. The third-order valence-electron chi connectivity index (χ3n) is 25.7. The fraction of sp³-hybridized carbons (Fsp3) is 0.867. The second-order valence-corrected chi connectivity index (χ2v) is 44.6. The molecule has 9 saturated carbocycles. The third kappa shape index (κ3) is 44.7. The molecule has 0 aromatic carbocycles. The van der Waals surface area contributed by atoms with E-state index in [1.165, 1.54) is 71.0 Å². The number of esters is 6. The highest BCUT2D eigenvalue weighted by Crippen LogP contribution is 2.60. The van der Waals surface area contributed by atoms with Gasteiger partial charge in [0.1, 0.15) is 0 Å². The average Bonchev–Trinajstić information content (AvgIpc) is 1.63. The maximum Gasteiger partial charge on any atom is 0.500 e. The van der Waals surface area contributed by atoms with Crippen molar-refractivity contribution in [2.24, 2.45) is 71.0 Å². The van der Waals surface area contributed by atoms with Gasteiger partial charge in [0.25, 0.3) is 0 Å². The molecule has 0 N–H and O–H groups in total. The van der Waals surface area contributed by atoms with Gasteiger partial charge < -0.3 is 96.2 Å². The predicted molar refractivity (Wildman–Crippen MR) is 486 cm³/mol. The highest BCUT2D eigenvalue weighted by molar-refractivity contribution is 6.61. The smallest absolute Gasteiger partial charge is 0.466 e.